The van der Waals surface area contributed by atoms with Gasteiger partial charge in [0, 0.05) is 29.9 Å². The Hall–Kier alpha value is -2.37. The first-order chi connectivity index (χ1) is 9.90. The predicted molar refractivity (Wildman–Crippen MR) is 79.2 cm³/mol. The van der Waals surface area contributed by atoms with Gasteiger partial charge in [0.1, 0.15) is 5.69 Å². The van der Waals surface area contributed by atoms with Crippen molar-refractivity contribution in [3.8, 4) is 5.88 Å². The Morgan fingerprint density at radius 2 is 2.14 bits per heavy atom. The summed E-state index contributed by atoms with van der Waals surface area (Å²) in [4.78, 5) is 16.1. The van der Waals surface area contributed by atoms with Gasteiger partial charge in [0.15, 0.2) is 0 Å². The van der Waals surface area contributed by atoms with Crippen molar-refractivity contribution in [1.82, 2.24) is 20.5 Å². The van der Waals surface area contributed by atoms with E-state index in [1.165, 1.54) is 0 Å². The van der Waals surface area contributed by atoms with E-state index < -0.39 is 0 Å². The number of carbonyl (C=O) groups is 1. The number of rotatable bonds is 4. The molecule has 0 fully saturated rings. The first-order valence-electron chi connectivity index (χ1n) is 6.73. The second-order valence-corrected chi connectivity index (χ2v) is 5.81. The van der Waals surface area contributed by atoms with Crippen molar-refractivity contribution in [3.63, 3.8) is 0 Å². The van der Waals surface area contributed by atoms with Gasteiger partial charge in [0.2, 0.25) is 5.88 Å². The summed E-state index contributed by atoms with van der Waals surface area (Å²) >= 11 is 0. The van der Waals surface area contributed by atoms with E-state index in [4.69, 9.17) is 4.74 Å². The smallest absolute Gasteiger partial charge is 0.272 e. The van der Waals surface area contributed by atoms with Crippen LogP contribution in [-0.4, -0.2) is 28.2 Å². The van der Waals surface area contributed by atoms with E-state index in [1.807, 2.05) is 6.07 Å². The number of hydrogen-bond acceptors (Lipinski definition) is 4. The van der Waals surface area contributed by atoms with Gasteiger partial charge in [-0.25, -0.2) is 4.98 Å². The van der Waals surface area contributed by atoms with Crippen LogP contribution < -0.4 is 10.1 Å². The molecule has 0 aliphatic carbocycles. The highest BCUT2D eigenvalue weighted by Gasteiger charge is 2.19. The van der Waals surface area contributed by atoms with Gasteiger partial charge in [-0.3, -0.25) is 9.89 Å². The van der Waals surface area contributed by atoms with E-state index in [0.717, 1.165) is 11.3 Å². The molecule has 0 saturated heterocycles. The van der Waals surface area contributed by atoms with Gasteiger partial charge >= 0.3 is 0 Å². The summed E-state index contributed by atoms with van der Waals surface area (Å²) in [6.07, 6.45) is 1.65. The molecule has 0 atom stereocenters. The zero-order chi connectivity index (χ0) is 15.5. The number of amides is 1. The average Bonchev–Trinajstić information content (AvgIpc) is 2.95. The molecule has 0 aliphatic heterocycles. The van der Waals surface area contributed by atoms with E-state index in [1.54, 1.807) is 25.4 Å². The number of H-pyrrole nitrogens is 1. The quantitative estimate of drug-likeness (QED) is 0.902. The second kappa shape index (κ2) is 5.95. The summed E-state index contributed by atoms with van der Waals surface area (Å²) in [6.45, 7) is 6.58. The van der Waals surface area contributed by atoms with E-state index >= 15 is 0 Å². The summed E-state index contributed by atoms with van der Waals surface area (Å²) in [5.41, 5.74) is 2.17. The maximum atomic E-state index is 12.1. The van der Waals surface area contributed by atoms with E-state index in [9.17, 15) is 4.79 Å². The van der Waals surface area contributed by atoms with E-state index in [-0.39, 0.29) is 11.3 Å². The molecule has 112 valence electrons. The molecular weight excluding hydrogens is 268 g/mol. The maximum absolute atomic E-state index is 12.1. The zero-order valence-electron chi connectivity index (χ0n) is 12.7. The van der Waals surface area contributed by atoms with Crippen LogP contribution in [0.4, 0.5) is 0 Å². The molecule has 6 nitrogen and oxygen atoms in total. The van der Waals surface area contributed by atoms with Crippen LogP contribution in [0.2, 0.25) is 0 Å². The van der Waals surface area contributed by atoms with Crippen LogP contribution in [0.25, 0.3) is 0 Å². The van der Waals surface area contributed by atoms with Gasteiger partial charge in [-0.2, -0.15) is 5.10 Å². The third-order valence-corrected chi connectivity index (χ3v) is 3.08. The Kier molecular flexibility index (Phi) is 4.26. The van der Waals surface area contributed by atoms with Crippen LogP contribution in [0, 0.1) is 0 Å². The molecule has 2 rings (SSSR count). The lowest BCUT2D eigenvalue weighted by atomic mass is 9.92. The highest BCUT2D eigenvalue weighted by atomic mass is 16.5. The summed E-state index contributed by atoms with van der Waals surface area (Å²) in [5, 5.41) is 9.78. The summed E-state index contributed by atoms with van der Waals surface area (Å²) in [6, 6.07) is 5.39. The van der Waals surface area contributed by atoms with Gasteiger partial charge in [-0.05, 0) is 17.7 Å². The van der Waals surface area contributed by atoms with E-state index in [2.05, 4.69) is 41.3 Å². The van der Waals surface area contributed by atoms with Crippen molar-refractivity contribution in [2.75, 3.05) is 7.11 Å². The SMILES string of the molecule is COc1cc(CNC(=O)c2cc(C(C)(C)C)[nH]n2)ccn1. The number of nitrogens with one attached hydrogen (secondary N) is 2. The van der Waals surface area contributed by atoms with Gasteiger partial charge in [0.25, 0.3) is 5.91 Å². The number of nitrogens with zero attached hydrogens (tertiary/aromatic N) is 2. The minimum atomic E-state index is -0.211. The predicted octanol–water partition coefficient (Wildman–Crippen LogP) is 2.04. The highest BCUT2D eigenvalue weighted by molar-refractivity contribution is 5.92. The van der Waals surface area contributed by atoms with Crippen LogP contribution >= 0.6 is 0 Å². The number of carbonyl (C=O) groups excluding carboxylic acids is 1. The topological polar surface area (TPSA) is 79.9 Å². The Balaban J connectivity index is 2.00. The molecule has 0 unspecified atom stereocenters. The Morgan fingerprint density at radius 1 is 1.38 bits per heavy atom. The van der Waals surface area contributed by atoms with Crippen molar-refractivity contribution in [2.24, 2.45) is 0 Å². The van der Waals surface area contributed by atoms with Crippen molar-refractivity contribution < 1.29 is 9.53 Å². The van der Waals surface area contributed by atoms with Gasteiger partial charge < -0.3 is 10.1 Å². The average molecular weight is 288 g/mol. The van der Waals surface area contributed by atoms with Crippen LogP contribution in [0.15, 0.2) is 24.4 Å². The number of aromatic amines is 1. The molecule has 2 heterocycles. The first-order valence-corrected chi connectivity index (χ1v) is 6.73. The van der Waals surface area contributed by atoms with Crippen molar-refractivity contribution in [1.29, 1.82) is 0 Å². The van der Waals surface area contributed by atoms with E-state index in [0.29, 0.717) is 18.1 Å². The molecule has 0 saturated carbocycles. The van der Waals surface area contributed by atoms with Crippen LogP contribution in [0.3, 0.4) is 0 Å². The van der Waals surface area contributed by atoms with Crippen LogP contribution in [-0.2, 0) is 12.0 Å². The van der Waals surface area contributed by atoms with Crippen molar-refractivity contribution >= 4 is 5.91 Å². The molecule has 0 bridgehead atoms. The van der Waals surface area contributed by atoms with Crippen LogP contribution in [0.1, 0.15) is 42.5 Å². The lowest BCUT2D eigenvalue weighted by Crippen LogP contribution is -2.23. The number of hydrogen-bond donors (Lipinski definition) is 2. The lowest BCUT2D eigenvalue weighted by molar-refractivity contribution is 0.0946. The molecule has 0 aromatic carbocycles. The fourth-order valence-corrected chi connectivity index (χ4v) is 1.77. The molecule has 0 radical (unpaired) electrons. The number of methoxy groups -OCH3 is 1. The van der Waals surface area contributed by atoms with Gasteiger partial charge in [-0.15, -0.1) is 0 Å². The molecule has 2 aromatic heterocycles. The molecule has 1 amide bonds. The third kappa shape index (κ3) is 3.81. The molecule has 21 heavy (non-hydrogen) atoms. The first kappa shape index (κ1) is 15.0. The zero-order valence-corrected chi connectivity index (χ0v) is 12.7. The Labute approximate surface area is 123 Å². The van der Waals surface area contributed by atoms with Gasteiger partial charge in [0.05, 0.1) is 7.11 Å². The summed E-state index contributed by atoms with van der Waals surface area (Å²) in [5.74, 6) is 0.314. The summed E-state index contributed by atoms with van der Waals surface area (Å²) < 4.78 is 5.05. The fourth-order valence-electron chi connectivity index (χ4n) is 1.77. The third-order valence-electron chi connectivity index (χ3n) is 3.08. The highest BCUT2D eigenvalue weighted by Crippen LogP contribution is 2.20. The Morgan fingerprint density at radius 3 is 2.76 bits per heavy atom. The van der Waals surface area contributed by atoms with Crippen molar-refractivity contribution in [3.05, 3.63) is 41.3 Å². The molecule has 2 N–H and O–H groups in total. The van der Waals surface area contributed by atoms with Gasteiger partial charge in [-0.1, -0.05) is 20.8 Å². The molecule has 6 heteroatoms. The Bertz CT molecular complexity index is 629. The normalized spacial score (nSPS) is 11.2. The summed E-state index contributed by atoms with van der Waals surface area (Å²) in [7, 11) is 1.56. The molecular formula is C15H20N4O2. The largest absolute Gasteiger partial charge is 0.481 e. The number of aromatic nitrogens is 3. The minimum absolute atomic E-state index is 0.0655. The molecule has 0 aliphatic rings. The fraction of sp³-hybridized carbons (Fsp3) is 0.400. The van der Waals surface area contributed by atoms with Crippen molar-refractivity contribution in [2.45, 2.75) is 32.7 Å². The monoisotopic (exact) mass is 288 g/mol. The lowest BCUT2D eigenvalue weighted by Gasteiger charge is -2.14. The standard InChI is InChI=1S/C15H20N4O2/c1-15(2,3)12-8-11(18-19-12)14(20)17-9-10-5-6-16-13(7-10)21-4/h5-8H,9H2,1-4H3,(H,17,20)(H,18,19). The number of pyridine rings is 1. The second-order valence-electron chi connectivity index (χ2n) is 5.81. The molecule has 2 aromatic rings. The van der Waals surface area contributed by atoms with Crippen LogP contribution in [0.5, 0.6) is 5.88 Å². The number of ether oxygens (including phenoxy) is 1. The minimum Gasteiger partial charge on any atom is -0.481 e. The maximum Gasteiger partial charge on any atom is 0.272 e. The molecule has 0 spiro atoms.